The van der Waals surface area contributed by atoms with Gasteiger partial charge < -0.3 is 14.2 Å². The van der Waals surface area contributed by atoms with E-state index in [1.165, 1.54) is 62.5 Å². The molecule has 0 bridgehead atoms. The fraction of sp³-hybridized carbons (Fsp3) is 0.789. The third-order valence-corrected chi connectivity index (χ3v) is 21.5. The average molecular weight is 1260 g/mol. The number of ether oxygens (including phenoxy) is 3. The van der Waals surface area contributed by atoms with Gasteiger partial charge in [0.15, 0.2) is 5.78 Å². The molecule has 0 N–H and O–H groups in total. The van der Waals surface area contributed by atoms with Crippen LogP contribution < -0.4 is 0 Å². The fourth-order valence-corrected chi connectivity index (χ4v) is 14.6. The third kappa shape index (κ3) is 20.1. The molecule has 3 saturated heterocycles. The lowest BCUT2D eigenvalue weighted by Crippen LogP contribution is -2.10. The van der Waals surface area contributed by atoms with Crippen LogP contribution in [0, 0.1) is 87.3 Å². The molecule has 0 amide bonds. The molecular weight excluding hydrogens is 1160 g/mol. The Morgan fingerprint density at radius 3 is 0.735 bits per heavy atom. The molecule has 12 fully saturated rings. The van der Waals surface area contributed by atoms with Gasteiger partial charge in [-0.2, -0.15) is 0 Å². The Morgan fingerprint density at radius 1 is 0.361 bits per heavy atom. The van der Waals surface area contributed by atoms with Gasteiger partial charge in [-0.3, -0.25) is 23.7 Å². The summed E-state index contributed by atoms with van der Waals surface area (Å²) in [5.74, 6) is 12.1. The minimum absolute atomic E-state index is 0. The Morgan fingerprint density at radius 2 is 0.639 bits per heavy atom. The second-order valence-electron chi connectivity index (χ2n) is 23.5. The first-order valence-corrected chi connectivity index (χ1v) is 26.1. The van der Waals surface area contributed by atoms with Gasteiger partial charge in [-0.15, -0.1) is 0 Å². The van der Waals surface area contributed by atoms with Crippen molar-refractivity contribution in [1.29, 1.82) is 0 Å². The van der Waals surface area contributed by atoms with Crippen molar-refractivity contribution in [1.82, 2.24) is 0 Å². The molecule has 0 aromatic heterocycles. The standard InChI is InChI=1S/C10H14O.2C10H16.2C9H14O.C8H12O2.CH4.9F2.3FH/c1-6-4-9(11)10(5-6)7(2)8(10)3;2*1-7-4-5-10(6-7)8(2)9(10)3;2*1-6-4-5-9(10-6)7(2)8(9)3;1-5-6(2)8(5)3-7(9)4-10-8;;9*1-2;;;/h7-8H,1,4-5H2,2-3H3;2*8-9H,1,4-6H2,2-3H3;2*7-8H,1,4-5H2,2-3H3;5-6H,3-4H2,1-2H3;1H4;;;;;;;;;;3*1H. The first kappa shape index (κ1) is 92.8. The molecule has 9 aliphatic carbocycles. The molecule has 83 heavy (non-hydrogen) atoms. The highest BCUT2D eigenvalue weighted by molar-refractivity contribution is 5.93. The summed E-state index contributed by atoms with van der Waals surface area (Å²) in [4.78, 5) is 22.4. The number of carbonyl (C=O) groups excluding carboxylic acids is 2. The van der Waals surface area contributed by atoms with Gasteiger partial charge in [-0.05, 0) is 116 Å². The van der Waals surface area contributed by atoms with Crippen LogP contribution in [-0.2, 0) is 23.8 Å². The number of hydrogen-bond donors (Lipinski definition) is 0. The summed E-state index contributed by atoms with van der Waals surface area (Å²) < 4.78 is 161. The number of Topliss-reactive ketones (excluding diaryl/α,β-unsaturated/α-hetero) is 2. The SMILES string of the molecule is C.C=C1CC(=O)C2(C1)C(C)C2C.C=C1CCC2(C1)C(C)C2C.C=C1CCC2(C1)C(C)C2C.C=C1CCC2(O1)C(C)C2C.C=C1CCC2(O1)C(C)C2C.CC1C(C)C12CC(=O)CO2.F.F.F.FF.FF.FF.FF.FF.FF.FF.FF.FF. The van der Waals surface area contributed by atoms with Crippen LogP contribution in [-0.4, -0.2) is 35.0 Å². The number of rotatable bonds is 0. The number of carbonyl (C=O) groups is 2. The van der Waals surface area contributed by atoms with Gasteiger partial charge in [-0.1, -0.05) is 140 Å². The number of halogens is 21. The molecule has 12 atom stereocenters. The molecule has 0 aromatic carbocycles. The van der Waals surface area contributed by atoms with Crippen molar-refractivity contribution in [2.75, 3.05) is 6.61 Å². The first-order valence-electron chi connectivity index (χ1n) is 26.1. The van der Waals surface area contributed by atoms with Gasteiger partial charge in [-0.25, -0.2) is 0 Å². The number of hydrogen-bond acceptors (Lipinski definition) is 5. The normalized spacial score (nSPS) is 38.5. The molecular formula is C57H93F21O5. The maximum Gasteiger partial charge on any atom is 0.161 e. The smallest absolute Gasteiger partial charge is 0.161 e. The van der Waals surface area contributed by atoms with Gasteiger partial charge in [0.2, 0.25) is 0 Å². The van der Waals surface area contributed by atoms with Crippen LogP contribution in [0.4, 0.5) is 96.4 Å². The highest BCUT2D eigenvalue weighted by Gasteiger charge is 2.67. The summed E-state index contributed by atoms with van der Waals surface area (Å²) in [5, 5.41) is 0. The van der Waals surface area contributed by atoms with E-state index < -0.39 is 0 Å². The minimum Gasteiger partial charge on any atom is -0.492 e. The molecule has 0 aromatic rings. The molecule has 6 spiro atoms. The Labute approximate surface area is 476 Å². The van der Waals surface area contributed by atoms with Crippen LogP contribution in [0.15, 0.2) is 61.1 Å². The zero-order valence-corrected chi connectivity index (χ0v) is 48.9. The van der Waals surface area contributed by atoms with Crippen molar-refractivity contribution >= 4 is 11.6 Å². The van der Waals surface area contributed by atoms with Crippen molar-refractivity contribution in [2.45, 2.75) is 191 Å². The van der Waals surface area contributed by atoms with E-state index in [2.05, 4.69) is 116 Å². The van der Waals surface area contributed by atoms with Crippen LogP contribution >= 0.6 is 0 Å². The van der Waals surface area contributed by atoms with Crippen LogP contribution in [0.25, 0.3) is 0 Å². The van der Waals surface area contributed by atoms with E-state index in [1.54, 1.807) is 0 Å². The maximum atomic E-state index is 11.5. The van der Waals surface area contributed by atoms with Crippen LogP contribution in [0.2, 0.25) is 0 Å². The molecule has 26 heteroatoms. The largest absolute Gasteiger partial charge is 0.492 e. The molecule has 498 valence electrons. The summed E-state index contributed by atoms with van der Waals surface area (Å²) in [6, 6.07) is 0. The molecule has 12 aliphatic rings. The maximum absolute atomic E-state index is 11.5. The van der Waals surface area contributed by atoms with E-state index in [9.17, 15) is 9.59 Å². The first-order chi connectivity index (χ1) is 37.4. The highest BCUT2D eigenvalue weighted by atomic mass is 20.0. The molecule has 0 radical (unpaired) electrons. The van der Waals surface area contributed by atoms with Crippen molar-refractivity contribution < 1.29 is 120 Å². The van der Waals surface area contributed by atoms with Crippen LogP contribution in [0.1, 0.15) is 174 Å². The summed E-state index contributed by atoms with van der Waals surface area (Å²) >= 11 is 0. The van der Waals surface area contributed by atoms with Gasteiger partial charge in [0.1, 0.15) is 23.6 Å². The summed E-state index contributed by atoms with van der Waals surface area (Å²) in [6.45, 7) is 47.3. The van der Waals surface area contributed by atoms with Gasteiger partial charge in [0.25, 0.3) is 0 Å². The van der Waals surface area contributed by atoms with E-state index in [1.807, 2.05) is 0 Å². The van der Waals surface area contributed by atoms with E-state index >= 15 is 0 Å². The summed E-state index contributed by atoms with van der Waals surface area (Å²) in [6.07, 6.45) is 14.9. The number of allylic oxidation sites excluding steroid dienone is 5. The van der Waals surface area contributed by atoms with E-state index in [-0.39, 0.29) is 49.5 Å². The highest BCUT2D eigenvalue weighted by Crippen LogP contribution is 2.69. The monoisotopic (exact) mass is 1260 g/mol. The lowest BCUT2D eigenvalue weighted by molar-refractivity contribution is -0.122. The predicted molar refractivity (Wildman–Crippen MR) is 284 cm³/mol. The molecule has 12 rings (SSSR count). The lowest BCUT2D eigenvalue weighted by Gasteiger charge is -2.08. The number of ketones is 2. The quantitative estimate of drug-likeness (QED) is 0.179. The van der Waals surface area contributed by atoms with Crippen molar-refractivity contribution in [3.63, 3.8) is 0 Å². The van der Waals surface area contributed by atoms with Crippen LogP contribution in [0.3, 0.4) is 0 Å². The summed E-state index contributed by atoms with van der Waals surface area (Å²) in [7, 11) is 0. The average Bonchev–Trinajstić information content (AvgIpc) is 4.22. The Bertz CT molecular complexity index is 1600. The molecule has 5 nitrogen and oxygen atoms in total. The van der Waals surface area contributed by atoms with Gasteiger partial charge in [0.05, 0.1) is 17.1 Å². The minimum atomic E-state index is -0.0168. The Balaban J connectivity index is -0.000000157. The van der Waals surface area contributed by atoms with Gasteiger partial charge >= 0.3 is 0 Å². The molecule has 3 heterocycles. The zero-order chi connectivity index (χ0) is 63.0. The van der Waals surface area contributed by atoms with Crippen LogP contribution in [0.5, 0.6) is 0 Å². The topological polar surface area (TPSA) is 61.8 Å². The Hall–Kier alpha value is -3.87. The zero-order valence-electron chi connectivity index (χ0n) is 48.9. The second-order valence-corrected chi connectivity index (χ2v) is 23.5. The third-order valence-electron chi connectivity index (χ3n) is 21.5. The van der Waals surface area contributed by atoms with Gasteiger partial charge in [0, 0.05) is 137 Å². The molecule has 3 aliphatic heterocycles. The lowest BCUT2D eigenvalue weighted by atomic mass is 9.99. The van der Waals surface area contributed by atoms with E-state index in [4.69, 9.17) is 96.5 Å². The molecule has 12 unspecified atom stereocenters. The van der Waals surface area contributed by atoms with Crippen molar-refractivity contribution in [3.05, 3.63) is 61.1 Å². The fourth-order valence-electron chi connectivity index (χ4n) is 14.6. The van der Waals surface area contributed by atoms with E-state index in [0.29, 0.717) is 48.9 Å². The van der Waals surface area contributed by atoms with Crippen molar-refractivity contribution in [3.8, 4) is 0 Å². The van der Waals surface area contributed by atoms with E-state index in [0.717, 1.165) is 94.5 Å². The predicted octanol–water partition coefficient (Wildman–Crippen LogP) is 22.5. The second kappa shape index (κ2) is 41.3. The Kier molecular flexibility index (Phi) is 46.2. The molecule has 9 saturated carbocycles. The van der Waals surface area contributed by atoms with Crippen molar-refractivity contribution in [2.24, 2.45) is 87.3 Å². The summed E-state index contributed by atoms with van der Waals surface area (Å²) in [5.41, 5.74) is 6.11.